The summed E-state index contributed by atoms with van der Waals surface area (Å²) in [5.74, 6) is 2.13. The van der Waals surface area contributed by atoms with Gasteiger partial charge < -0.3 is 15.1 Å². The van der Waals surface area contributed by atoms with Gasteiger partial charge in [0.25, 0.3) is 0 Å². The molecule has 4 rings (SSSR count). The molecule has 0 aliphatic carbocycles. The molecule has 28 heavy (non-hydrogen) atoms. The third-order valence-corrected chi connectivity index (χ3v) is 4.81. The molecule has 1 aliphatic heterocycles. The fourth-order valence-electron chi connectivity index (χ4n) is 3.12. The highest BCUT2D eigenvalue weighted by atomic mass is 35.5. The average molecular weight is 397 g/mol. The largest absolute Gasteiger partial charge is 0.353 e. The Morgan fingerprint density at radius 1 is 1.00 bits per heavy atom. The van der Waals surface area contributed by atoms with Gasteiger partial charge >= 0.3 is 0 Å². The highest BCUT2D eigenvalue weighted by Crippen LogP contribution is 2.16. The Morgan fingerprint density at radius 3 is 2.57 bits per heavy atom. The van der Waals surface area contributed by atoms with Gasteiger partial charge in [0, 0.05) is 50.1 Å². The maximum Gasteiger partial charge on any atom is 0.244 e. The standard InChI is InChI=1S/C19H21ClN8/c20-16-4-1-3-15(13-16)5-8-21-18-25-17(14-24-26-18)27-9-11-28(12-10-27)19-22-6-2-7-23-19/h1-4,6-7,13-14H,5,8-12H2,(H,21,25,26). The number of rotatable bonds is 6. The van der Waals surface area contributed by atoms with Gasteiger partial charge in [0.2, 0.25) is 11.9 Å². The molecule has 0 saturated carbocycles. The van der Waals surface area contributed by atoms with Gasteiger partial charge in [-0.15, -0.1) is 5.10 Å². The Labute approximate surface area is 168 Å². The second-order valence-corrected chi connectivity index (χ2v) is 6.90. The quantitative estimate of drug-likeness (QED) is 0.679. The summed E-state index contributed by atoms with van der Waals surface area (Å²) in [5, 5.41) is 12.2. The minimum atomic E-state index is 0.536. The summed E-state index contributed by atoms with van der Waals surface area (Å²) >= 11 is 6.03. The summed E-state index contributed by atoms with van der Waals surface area (Å²) in [7, 11) is 0. The summed E-state index contributed by atoms with van der Waals surface area (Å²) in [6.07, 6.45) is 6.08. The van der Waals surface area contributed by atoms with Gasteiger partial charge in [0.05, 0.1) is 6.20 Å². The van der Waals surface area contributed by atoms with E-state index in [-0.39, 0.29) is 0 Å². The molecule has 1 saturated heterocycles. The molecular weight excluding hydrogens is 376 g/mol. The van der Waals surface area contributed by atoms with Crippen molar-refractivity contribution >= 4 is 29.3 Å². The van der Waals surface area contributed by atoms with Crippen LogP contribution in [0.25, 0.3) is 0 Å². The highest BCUT2D eigenvalue weighted by Gasteiger charge is 2.20. The predicted octanol–water partition coefficient (Wildman–Crippen LogP) is 2.30. The summed E-state index contributed by atoms with van der Waals surface area (Å²) < 4.78 is 0. The van der Waals surface area contributed by atoms with Gasteiger partial charge in [-0.2, -0.15) is 10.1 Å². The van der Waals surface area contributed by atoms with E-state index in [4.69, 9.17) is 11.6 Å². The maximum absolute atomic E-state index is 6.03. The molecular formula is C19H21ClN8. The molecule has 0 spiro atoms. The summed E-state index contributed by atoms with van der Waals surface area (Å²) in [4.78, 5) is 17.6. The van der Waals surface area contributed by atoms with Crippen LogP contribution in [0.5, 0.6) is 0 Å². The van der Waals surface area contributed by atoms with Crippen LogP contribution >= 0.6 is 11.6 Å². The van der Waals surface area contributed by atoms with Crippen molar-refractivity contribution in [1.29, 1.82) is 0 Å². The van der Waals surface area contributed by atoms with Crippen LogP contribution in [0.15, 0.2) is 48.9 Å². The van der Waals surface area contributed by atoms with Crippen LogP contribution in [0.2, 0.25) is 5.02 Å². The van der Waals surface area contributed by atoms with Gasteiger partial charge in [0.1, 0.15) is 0 Å². The zero-order valence-corrected chi connectivity index (χ0v) is 16.1. The molecule has 0 bridgehead atoms. The second-order valence-electron chi connectivity index (χ2n) is 6.47. The minimum absolute atomic E-state index is 0.536. The molecule has 1 fully saturated rings. The fraction of sp³-hybridized carbons (Fsp3) is 0.316. The number of hydrogen-bond acceptors (Lipinski definition) is 8. The molecule has 0 radical (unpaired) electrons. The van der Waals surface area contributed by atoms with E-state index >= 15 is 0 Å². The number of nitrogens with one attached hydrogen (secondary N) is 1. The minimum Gasteiger partial charge on any atom is -0.353 e. The Bertz CT molecular complexity index is 899. The van der Waals surface area contributed by atoms with Gasteiger partial charge in [-0.3, -0.25) is 0 Å². The van der Waals surface area contributed by atoms with Crippen molar-refractivity contribution in [2.24, 2.45) is 0 Å². The summed E-state index contributed by atoms with van der Waals surface area (Å²) in [5.41, 5.74) is 1.17. The van der Waals surface area contributed by atoms with Crippen LogP contribution in [-0.4, -0.2) is 57.9 Å². The highest BCUT2D eigenvalue weighted by molar-refractivity contribution is 6.30. The van der Waals surface area contributed by atoms with Crippen LogP contribution < -0.4 is 15.1 Å². The Hall–Kier alpha value is -3.00. The van der Waals surface area contributed by atoms with E-state index in [0.717, 1.165) is 49.4 Å². The molecule has 1 N–H and O–H groups in total. The molecule has 2 aromatic heterocycles. The molecule has 0 unspecified atom stereocenters. The van der Waals surface area contributed by atoms with E-state index in [1.165, 1.54) is 5.56 Å². The van der Waals surface area contributed by atoms with Crippen LogP contribution in [0.4, 0.5) is 17.7 Å². The van der Waals surface area contributed by atoms with E-state index in [0.29, 0.717) is 12.5 Å². The van der Waals surface area contributed by atoms with E-state index in [2.05, 4.69) is 46.3 Å². The first-order valence-corrected chi connectivity index (χ1v) is 9.61. The summed E-state index contributed by atoms with van der Waals surface area (Å²) in [6.45, 7) is 4.06. The molecule has 1 aromatic carbocycles. The molecule has 3 aromatic rings. The van der Waals surface area contributed by atoms with Crippen LogP contribution in [0.3, 0.4) is 0 Å². The summed E-state index contributed by atoms with van der Waals surface area (Å²) in [6, 6.07) is 9.68. The molecule has 3 heterocycles. The first-order chi connectivity index (χ1) is 13.8. The Morgan fingerprint density at radius 2 is 1.79 bits per heavy atom. The number of aromatic nitrogens is 5. The van der Waals surface area contributed by atoms with Gasteiger partial charge in [-0.25, -0.2) is 9.97 Å². The van der Waals surface area contributed by atoms with Crippen molar-refractivity contribution in [2.75, 3.05) is 47.8 Å². The van der Waals surface area contributed by atoms with Crippen molar-refractivity contribution in [3.05, 3.63) is 59.5 Å². The van der Waals surface area contributed by atoms with Gasteiger partial charge in [-0.1, -0.05) is 23.7 Å². The zero-order chi connectivity index (χ0) is 19.2. The first kappa shape index (κ1) is 18.4. The molecule has 0 atom stereocenters. The van der Waals surface area contributed by atoms with E-state index in [1.54, 1.807) is 18.6 Å². The molecule has 144 valence electrons. The van der Waals surface area contributed by atoms with Crippen molar-refractivity contribution < 1.29 is 0 Å². The van der Waals surface area contributed by atoms with Crippen molar-refractivity contribution in [3.63, 3.8) is 0 Å². The average Bonchev–Trinajstić information content (AvgIpc) is 2.75. The lowest BCUT2D eigenvalue weighted by Crippen LogP contribution is -2.47. The predicted molar refractivity (Wildman–Crippen MR) is 110 cm³/mol. The Balaban J connectivity index is 1.31. The van der Waals surface area contributed by atoms with Gasteiger partial charge in [0.15, 0.2) is 5.82 Å². The second kappa shape index (κ2) is 8.79. The van der Waals surface area contributed by atoms with E-state index in [9.17, 15) is 0 Å². The number of benzene rings is 1. The van der Waals surface area contributed by atoms with Crippen LogP contribution in [0.1, 0.15) is 5.56 Å². The van der Waals surface area contributed by atoms with Crippen molar-refractivity contribution in [3.8, 4) is 0 Å². The molecule has 9 heteroatoms. The van der Waals surface area contributed by atoms with Crippen molar-refractivity contribution in [2.45, 2.75) is 6.42 Å². The first-order valence-electron chi connectivity index (χ1n) is 9.23. The maximum atomic E-state index is 6.03. The number of piperazine rings is 1. The fourth-order valence-corrected chi connectivity index (χ4v) is 3.34. The van der Waals surface area contributed by atoms with Crippen LogP contribution in [0, 0.1) is 0 Å². The van der Waals surface area contributed by atoms with E-state index < -0.39 is 0 Å². The number of nitrogens with zero attached hydrogens (tertiary/aromatic N) is 7. The lowest BCUT2D eigenvalue weighted by molar-refractivity contribution is 0.632. The van der Waals surface area contributed by atoms with Gasteiger partial charge in [-0.05, 0) is 30.2 Å². The SMILES string of the molecule is Clc1cccc(CCNc2nncc(N3CCN(c4ncccn4)CC3)n2)c1. The molecule has 0 amide bonds. The number of hydrogen-bond donors (Lipinski definition) is 1. The van der Waals surface area contributed by atoms with Crippen molar-refractivity contribution in [1.82, 2.24) is 25.1 Å². The number of anilines is 3. The Kier molecular flexibility index (Phi) is 5.77. The third kappa shape index (κ3) is 4.64. The molecule has 1 aliphatic rings. The number of halogens is 1. The molecule has 8 nitrogen and oxygen atoms in total. The third-order valence-electron chi connectivity index (χ3n) is 4.57. The topological polar surface area (TPSA) is 83.0 Å². The zero-order valence-electron chi connectivity index (χ0n) is 15.4. The lowest BCUT2D eigenvalue weighted by atomic mass is 10.1. The van der Waals surface area contributed by atoms with Crippen LogP contribution in [-0.2, 0) is 6.42 Å². The lowest BCUT2D eigenvalue weighted by Gasteiger charge is -2.35. The normalized spacial score (nSPS) is 14.2. The smallest absolute Gasteiger partial charge is 0.244 e. The monoisotopic (exact) mass is 396 g/mol. The van der Waals surface area contributed by atoms with E-state index in [1.807, 2.05) is 24.3 Å².